The number of Topliss-reactive ketones (excluding diaryl/α,β-unsaturated/α-hetero) is 1. The van der Waals surface area contributed by atoms with Gasteiger partial charge in [-0.3, -0.25) is 9.69 Å². The van der Waals surface area contributed by atoms with Crippen LogP contribution in [0.2, 0.25) is 0 Å². The number of likely N-dealkylation sites (tertiary alicyclic amines) is 1. The first kappa shape index (κ1) is 24.7. The molecule has 3 aromatic rings. The summed E-state index contributed by atoms with van der Waals surface area (Å²) in [5, 5.41) is 2.84. The van der Waals surface area contributed by atoms with Gasteiger partial charge in [0.15, 0.2) is 5.78 Å². The highest BCUT2D eigenvalue weighted by molar-refractivity contribution is 5.98. The summed E-state index contributed by atoms with van der Waals surface area (Å²) in [6, 6.07) is 28.4. The second kappa shape index (κ2) is 10.4. The molecule has 0 saturated carbocycles. The number of ether oxygens (including phenoxy) is 1. The standard InChI is InChI=1S/C30H34N2O3/c1-21(31-29(34)35-30(2,3)4)22-15-17-25(18-16-22)28(33)26-19-32(20-26)27(23-11-7-5-8-12-23)24-13-9-6-10-14-24/h5-18,21,26-27H,19-20H2,1-4H3,(H,31,34)/t21-/m0/s1. The van der Waals surface area contributed by atoms with Gasteiger partial charge >= 0.3 is 6.09 Å². The van der Waals surface area contributed by atoms with E-state index in [9.17, 15) is 9.59 Å². The van der Waals surface area contributed by atoms with Crippen LogP contribution in [0.25, 0.3) is 0 Å². The number of rotatable bonds is 7. The maximum atomic E-state index is 13.2. The number of amides is 1. The minimum Gasteiger partial charge on any atom is -0.444 e. The number of nitrogens with zero attached hydrogens (tertiary/aromatic N) is 1. The van der Waals surface area contributed by atoms with Gasteiger partial charge < -0.3 is 10.1 Å². The van der Waals surface area contributed by atoms with Gasteiger partial charge in [-0.2, -0.15) is 0 Å². The average molecular weight is 471 g/mol. The van der Waals surface area contributed by atoms with Crippen LogP contribution in [0.1, 0.15) is 66.8 Å². The lowest BCUT2D eigenvalue weighted by molar-refractivity contribution is 0.0497. The third kappa shape index (κ3) is 6.17. The quantitative estimate of drug-likeness (QED) is 0.419. The summed E-state index contributed by atoms with van der Waals surface area (Å²) in [5.41, 5.74) is 3.56. The SMILES string of the molecule is C[C@H](NC(=O)OC(C)(C)C)c1ccc(C(=O)C2CN(C(c3ccccc3)c3ccccc3)C2)cc1. The predicted octanol–water partition coefficient (Wildman–Crippen LogP) is 6.18. The van der Waals surface area contributed by atoms with E-state index in [0.717, 1.165) is 18.7 Å². The summed E-state index contributed by atoms with van der Waals surface area (Å²) in [4.78, 5) is 27.6. The van der Waals surface area contributed by atoms with Crippen LogP contribution < -0.4 is 5.32 Å². The van der Waals surface area contributed by atoms with Crippen LogP contribution in [0, 0.1) is 5.92 Å². The normalized spacial score (nSPS) is 15.3. The Morgan fingerprint density at radius 2 is 1.34 bits per heavy atom. The fourth-order valence-electron chi connectivity index (χ4n) is 4.51. The molecule has 1 N–H and O–H groups in total. The van der Waals surface area contributed by atoms with E-state index >= 15 is 0 Å². The molecule has 0 spiro atoms. The van der Waals surface area contributed by atoms with Crippen molar-refractivity contribution in [2.75, 3.05) is 13.1 Å². The van der Waals surface area contributed by atoms with Crippen LogP contribution in [0.4, 0.5) is 4.79 Å². The molecule has 5 nitrogen and oxygen atoms in total. The number of benzene rings is 3. The molecule has 4 rings (SSSR count). The third-order valence-corrected chi connectivity index (χ3v) is 6.30. The molecule has 1 heterocycles. The minimum atomic E-state index is -0.545. The second-order valence-electron chi connectivity index (χ2n) is 10.2. The highest BCUT2D eigenvalue weighted by atomic mass is 16.6. The highest BCUT2D eigenvalue weighted by Crippen LogP contribution is 2.35. The second-order valence-corrected chi connectivity index (χ2v) is 10.2. The molecule has 1 saturated heterocycles. The van der Waals surface area contributed by atoms with Gasteiger partial charge in [0.05, 0.1) is 12.1 Å². The smallest absolute Gasteiger partial charge is 0.408 e. The molecule has 3 aromatic carbocycles. The zero-order chi connectivity index (χ0) is 25.0. The van der Waals surface area contributed by atoms with Crippen LogP contribution in [0.3, 0.4) is 0 Å². The Morgan fingerprint density at radius 3 is 1.83 bits per heavy atom. The highest BCUT2D eigenvalue weighted by Gasteiger charge is 2.38. The van der Waals surface area contributed by atoms with Gasteiger partial charge in [0.2, 0.25) is 0 Å². The van der Waals surface area contributed by atoms with Crippen molar-refractivity contribution in [1.29, 1.82) is 0 Å². The van der Waals surface area contributed by atoms with Gasteiger partial charge in [-0.15, -0.1) is 0 Å². The zero-order valence-corrected chi connectivity index (χ0v) is 20.9. The Hall–Kier alpha value is -3.44. The molecular formula is C30H34N2O3. The van der Waals surface area contributed by atoms with Gasteiger partial charge in [0.1, 0.15) is 5.60 Å². The van der Waals surface area contributed by atoms with Gasteiger partial charge in [-0.1, -0.05) is 84.9 Å². The molecule has 182 valence electrons. The molecule has 0 unspecified atom stereocenters. The van der Waals surface area contributed by atoms with Crippen LogP contribution in [0.15, 0.2) is 84.9 Å². The fourth-order valence-corrected chi connectivity index (χ4v) is 4.51. The number of hydrogen-bond acceptors (Lipinski definition) is 4. The van der Waals surface area contributed by atoms with E-state index < -0.39 is 11.7 Å². The Morgan fingerprint density at radius 1 is 0.829 bits per heavy atom. The van der Waals surface area contributed by atoms with E-state index in [1.165, 1.54) is 11.1 Å². The lowest BCUT2D eigenvalue weighted by Gasteiger charge is -2.44. The van der Waals surface area contributed by atoms with E-state index in [0.29, 0.717) is 5.56 Å². The van der Waals surface area contributed by atoms with Crippen LogP contribution in [0.5, 0.6) is 0 Å². The lowest BCUT2D eigenvalue weighted by Crippen LogP contribution is -2.52. The molecule has 1 aliphatic heterocycles. The van der Waals surface area contributed by atoms with Crippen molar-refractivity contribution in [2.24, 2.45) is 5.92 Å². The summed E-state index contributed by atoms with van der Waals surface area (Å²) in [7, 11) is 0. The first-order valence-electron chi connectivity index (χ1n) is 12.2. The largest absolute Gasteiger partial charge is 0.444 e. The molecular weight excluding hydrogens is 436 g/mol. The van der Waals surface area contributed by atoms with E-state index in [1.54, 1.807) is 0 Å². The summed E-state index contributed by atoms with van der Waals surface area (Å²) in [5.74, 6) is 0.147. The third-order valence-electron chi connectivity index (χ3n) is 6.30. The van der Waals surface area contributed by atoms with Crippen molar-refractivity contribution in [3.05, 3.63) is 107 Å². The Labute approximate surface area is 208 Å². The van der Waals surface area contributed by atoms with E-state index in [1.807, 2.05) is 64.1 Å². The molecule has 1 aliphatic rings. The van der Waals surface area contributed by atoms with Gasteiger partial charge in [-0.05, 0) is 44.4 Å². The van der Waals surface area contributed by atoms with E-state index in [-0.39, 0.29) is 23.8 Å². The maximum absolute atomic E-state index is 13.2. The Kier molecular flexibility index (Phi) is 7.37. The van der Waals surface area contributed by atoms with Crippen molar-refractivity contribution in [3.8, 4) is 0 Å². The van der Waals surface area contributed by atoms with Crippen molar-refractivity contribution in [3.63, 3.8) is 0 Å². The Balaban J connectivity index is 1.38. The summed E-state index contributed by atoms with van der Waals surface area (Å²) >= 11 is 0. The maximum Gasteiger partial charge on any atom is 0.408 e. The van der Waals surface area contributed by atoms with Gasteiger partial charge in [0, 0.05) is 24.6 Å². The Bertz CT molecular complexity index is 1090. The monoisotopic (exact) mass is 470 g/mol. The molecule has 0 aliphatic carbocycles. The number of carbonyl (C=O) groups excluding carboxylic acids is 2. The molecule has 1 atom stereocenters. The first-order chi connectivity index (χ1) is 16.7. The number of nitrogens with one attached hydrogen (secondary N) is 1. The number of ketones is 1. The van der Waals surface area contributed by atoms with Crippen molar-refractivity contribution in [1.82, 2.24) is 10.2 Å². The van der Waals surface area contributed by atoms with Crippen molar-refractivity contribution in [2.45, 2.75) is 45.4 Å². The summed E-state index contributed by atoms with van der Waals surface area (Å²) in [6.07, 6.45) is -0.453. The first-order valence-corrected chi connectivity index (χ1v) is 12.2. The number of carbonyl (C=O) groups is 2. The number of alkyl carbamates (subject to hydrolysis) is 1. The molecule has 5 heteroatoms. The van der Waals surface area contributed by atoms with E-state index in [2.05, 4.69) is 58.7 Å². The average Bonchev–Trinajstić information content (AvgIpc) is 2.80. The number of hydrogen-bond donors (Lipinski definition) is 1. The van der Waals surface area contributed by atoms with Gasteiger partial charge in [-0.25, -0.2) is 4.79 Å². The molecule has 1 amide bonds. The molecule has 0 bridgehead atoms. The zero-order valence-electron chi connectivity index (χ0n) is 20.9. The lowest BCUT2D eigenvalue weighted by atomic mass is 9.86. The van der Waals surface area contributed by atoms with Crippen molar-refractivity contribution >= 4 is 11.9 Å². The van der Waals surface area contributed by atoms with Crippen molar-refractivity contribution < 1.29 is 14.3 Å². The van der Waals surface area contributed by atoms with E-state index in [4.69, 9.17) is 4.74 Å². The fraction of sp³-hybridized carbons (Fsp3) is 0.333. The predicted molar refractivity (Wildman–Crippen MR) is 138 cm³/mol. The van der Waals surface area contributed by atoms with Crippen LogP contribution >= 0.6 is 0 Å². The van der Waals surface area contributed by atoms with Crippen LogP contribution in [-0.4, -0.2) is 35.5 Å². The van der Waals surface area contributed by atoms with Gasteiger partial charge in [0.25, 0.3) is 0 Å². The summed E-state index contributed by atoms with van der Waals surface area (Å²) in [6.45, 7) is 8.86. The molecule has 35 heavy (non-hydrogen) atoms. The molecule has 0 radical (unpaired) electrons. The minimum absolute atomic E-state index is 0.0203. The topological polar surface area (TPSA) is 58.6 Å². The molecule has 0 aromatic heterocycles. The summed E-state index contributed by atoms with van der Waals surface area (Å²) < 4.78 is 5.33. The molecule has 1 fully saturated rings. The van der Waals surface area contributed by atoms with Crippen LogP contribution in [-0.2, 0) is 4.74 Å².